The van der Waals surface area contributed by atoms with Crippen LogP contribution in [0.5, 0.6) is 0 Å². The molecule has 0 bridgehead atoms. The summed E-state index contributed by atoms with van der Waals surface area (Å²) >= 11 is 0. The fraction of sp³-hybridized carbons (Fsp3) is 0.579. The number of benzene rings is 1. The van der Waals surface area contributed by atoms with Gasteiger partial charge in [-0.2, -0.15) is 0 Å². The maximum Gasteiger partial charge on any atom is 0.410 e. The van der Waals surface area contributed by atoms with Crippen molar-refractivity contribution in [1.82, 2.24) is 4.90 Å². The number of amides is 1. The van der Waals surface area contributed by atoms with Crippen LogP contribution in [-0.2, 0) is 25.6 Å². The van der Waals surface area contributed by atoms with Gasteiger partial charge in [-0.15, -0.1) is 0 Å². The van der Waals surface area contributed by atoms with Crippen molar-refractivity contribution in [3.8, 4) is 0 Å². The van der Waals surface area contributed by atoms with Gasteiger partial charge in [-0.05, 0) is 24.8 Å². The molecule has 1 aliphatic carbocycles. The van der Waals surface area contributed by atoms with Crippen molar-refractivity contribution in [2.75, 3.05) is 26.3 Å². The lowest BCUT2D eigenvalue weighted by molar-refractivity contribution is -0.144. The van der Waals surface area contributed by atoms with E-state index in [2.05, 4.69) is 0 Å². The van der Waals surface area contributed by atoms with Gasteiger partial charge in [-0.3, -0.25) is 4.79 Å². The molecule has 1 aromatic rings. The Morgan fingerprint density at radius 3 is 2.55 bits per heavy atom. The SMILES string of the molecule is CC(=O)OCC1(N)CN(C(=O)OC2CC(COCc3ccc(F)c(F)c3F)C2)C1. The Balaban J connectivity index is 1.30. The van der Waals surface area contributed by atoms with Gasteiger partial charge in [0.1, 0.15) is 12.7 Å². The number of hydrogen-bond donors (Lipinski definition) is 1. The van der Waals surface area contributed by atoms with E-state index in [0.717, 1.165) is 12.1 Å². The quantitative estimate of drug-likeness (QED) is 0.541. The molecule has 0 atom stereocenters. The molecule has 2 aliphatic rings. The van der Waals surface area contributed by atoms with Gasteiger partial charge in [0, 0.05) is 25.6 Å². The van der Waals surface area contributed by atoms with E-state index in [1.54, 1.807) is 0 Å². The number of hydrogen-bond acceptors (Lipinski definition) is 6. The van der Waals surface area contributed by atoms with Gasteiger partial charge in [0.2, 0.25) is 0 Å². The van der Waals surface area contributed by atoms with Crippen molar-refractivity contribution in [2.45, 2.75) is 38.0 Å². The minimum absolute atomic E-state index is 0.0491. The molecule has 1 aromatic carbocycles. The Morgan fingerprint density at radius 2 is 1.90 bits per heavy atom. The van der Waals surface area contributed by atoms with Crippen LogP contribution >= 0.6 is 0 Å². The molecule has 160 valence electrons. The van der Waals surface area contributed by atoms with E-state index in [-0.39, 0.29) is 43.9 Å². The highest BCUT2D eigenvalue weighted by Crippen LogP contribution is 2.32. The zero-order valence-corrected chi connectivity index (χ0v) is 16.0. The molecule has 0 spiro atoms. The van der Waals surface area contributed by atoms with Crippen molar-refractivity contribution in [3.05, 3.63) is 35.1 Å². The summed E-state index contributed by atoms with van der Waals surface area (Å²) in [5, 5.41) is 0. The normalized spacial score (nSPS) is 22.4. The van der Waals surface area contributed by atoms with E-state index in [4.69, 9.17) is 19.9 Å². The van der Waals surface area contributed by atoms with Crippen LogP contribution < -0.4 is 5.73 Å². The molecule has 1 saturated heterocycles. The lowest BCUT2D eigenvalue weighted by atomic mass is 9.83. The lowest BCUT2D eigenvalue weighted by Crippen LogP contribution is -2.71. The number of ether oxygens (including phenoxy) is 3. The Kier molecular flexibility index (Phi) is 6.33. The second kappa shape index (κ2) is 8.58. The summed E-state index contributed by atoms with van der Waals surface area (Å²) in [6.45, 7) is 1.96. The maximum absolute atomic E-state index is 13.6. The molecule has 3 rings (SSSR count). The van der Waals surface area contributed by atoms with Crippen LogP contribution in [-0.4, -0.2) is 54.9 Å². The first-order valence-corrected chi connectivity index (χ1v) is 9.25. The van der Waals surface area contributed by atoms with Crippen LogP contribution in [0.1, 0.15) is 25.3 Å². The molecule has 0 aromatic heterocycles. The van der Waals surface area contributed by atoms with Crippen molar-refractivity contribution >= 4 is 12.1 Å². The first-order chi connectivity index (χ1) is 13.7. The smallest absolute Gasteiger partial charge is 0.410 e. The molecule has 2 N–H and O–H groups in total. The van der Waals surface area contributed by atoms with Crippen LogP contribution in [0.25, 0.3) is 0 Å². The summed E-state index contributed by atoms with van der Waals surface area (Å²) in [5.41, 5.74) is 5.20. The van der Waals surface area contributed by atoms with Crippen LogP contribution in [0.15, 0.2) is 12.1 Å². The molecule has 1 amide bonds. The van der Waals surface area contributed by atoms with Crippen LogP contribution in [0.2, 0.25) is 0 Å². The molecule has 1 heterocycles. The number of esters is 1. The van der Waals surface area contributed by atoms with E-state index in [1.807, 2.05) is 0 Å². The van der Waals surface area contributed by atoms with E-state index >= 15 is 0 Å². The molecular formula is C19H23F3N2O5. The van der Waals surface area contributed by atoms with Crippen LogP contribution in [0.4, 0.5) is 18.0 Å². The molecule has 0 unspecified atom stereocenters. The van der Waals surface area contributed by atoms with E-state index in [0.29, 0.717) is 19.4 Å². The average Bonchev–Trinajstić information content (AvgIpc) is 2.61. The molecule has 7 nitrogen and oxygen atoms in total. The summed E-state index contributed by atoms with van der Waals surface area (Å²) in [4.78, 5) is 24.3. The van der Waals surface area contributed by atoms with Crippen molar-refractivity contribution in [3.63, 3.8) is 0 Å². The molecule has 1 aliphatic heterocycles. The number of rotatable bonds is 7. The third-order valence-electron chi connectivity index (χ3n) is 5.02. The number of halogens is 3. The fourth-order valence-corrected chi connectivity index (χ4v) is 3.32. The minimum Gasteiger partial charge on any atom is -0.464 e. The number of likely N-dealkylation sites (tertiary alicyclic amines) is 1. The minimum atomic E-state index is -1.51. The highest BCUT2D eigenvalue weighted by molar-refractivity contribution is 5.70. The van der Waals surface area contributed by atoms with Crippen molar-refractivity contribution < 1.29 is 37.0 Å². The van der Waals surface area contributed by atoms with Gasteiger partial charge in [-0.25, -0.2) is 18.0 Å². The van der Waals surface area contributed by atoms with Gasteiger partial charge in [0.15, 0.2) is 17.5 Å². The summed E-state index contributed by atoms with van der Waals surface area (Å²) < 4.78 is 55.2. The van der Waals surface area contributed by atoms with Gasteiger partial charge in [0.25, 0.3) is 0 Å². The molecular weight excluding hydrogens is 393 g/mol. The Labute approximate surface area is 165 Å². The van der Waals surface area contributed by atoms with E-state index < -0.39 is 35.1 Å². The Hall–Kier alpha value is -2.33. The molecule has 0 radical (unpaired) electrons. The largest absolute Gasteiger partial charge is 0.464 e. The molecule has 29 heavy (non-hydrogen) atoms. The first-order valence-electron chi connectivity index (χ1n) is 9.25. The molecule has 1 saturated carbocycles. The zero-order valence-electron chi connectivity index (χ0n) is 16.0. The summed E-state index contributed by atoms with van der Waals surface area (Å²) in [6, 6.07) is 2.00. The van der Waals surface area contributed by atoms with Gasteiger partial charge >= 0.3 is 12.1 Å². The third-order valence-corrected chi connectivity index (χ3v) is 5.02. The second-order valence-electron chi connectivity index (χ2n) is 7.69. The van der Waals surface area contributed by atoms with Crippen molar-refractivity contribution in [2.24, 2.45) is 11.7 Å². The highest BCUT2D eigenvalue weighted by Gasteiger charge is 2.45. The summed E-state index contributed by atoms with van der Waals surface area (Å²) in [7, 11) is 0. The van der Waals surface area contributed by atoms with Gasteiger partial charge in [0.05, 0.1) is 18.8 Å². The Bertz CT molecular complexity index is 779. The zero-order chi connectivity index (χ0) is 21.2. The lowest BCUT2D eigenvalue weighted by Gasteiger charge is -2.47. The Morgan fingerprint density at radius 1 is 1.21 bits per heavy atom. The number of carbonyl (C=O) groups is 2. The standard InChI is InChI=1S/C19H23F3N2O5/c1-11(25)28-10-19(23)8-24(9-19)18(26)29-14-4-12(5-14)6-27-7-13-2-3-15(20)17(22)16(13)21/h2-3,12,14H,4-10,23H2,1H3. The first kappa shape index (κ1) is 21.4. The van der Waals surface area contributed by atoms with Gasteiger partial charge < -0.3 is 24.8 Å². The predicted octanol–water partition coefficient (Wildman–Crippen LogP) is 2.11. The summed E-state index contributed by atoms with van der Waals surface area (Å²) in [5.74, 6) is -4.29. The third kappa shape index (κ3) is 5.18. The second-order valence-corrected chi connectivity index (χ2v) is 7.69. The average molecular weight is 416 g/mol. The topological polar surface area (TPSA) is 91.1 Å². The van der Waals surface area contributed by atoms with Gasteiger partial charge in [-0.1, -0.05) is 6.07 Å². The van der Waals surface area contributed by atoms with Crippen LogP contribution in [0, 0.1) is 23.4 Å². The number of carbonyl (C=O) groups excluding carboxylic acids is 2. The maximum atomic E-state index is 13.6. The van der Waals surface area contributed by atoms with Crippen LogP contribution in [0.3, 0.4) is 0 Å². The molecule has 10 heteroatoms. The van der Waals surface area contributed by atoms with E-state index in [9.17, 15) is 22.8 Å². The summed E-state index contributed by atoms with van der Waals surface area (Å²) in [6.07, 6.45) is 0.488. The monoisotopic (exact) mass is 416 g/mol. The fourth-order valence-electron chi connectivity index (χ4n) is 3.32. The molecule has 2 fully saturated rings. The number of nitrogens with zero attached hydrogens (tertiary/aromatic N) is 1. The highest BCUT2D eigenvalue weighted by atomic mass is 19.2. The van der Waals surface area contributed by atoms with E-state index in [1.165, 1.54) is 11.8 Å². The predicted molar refractivity (Wildman–Crippen MR) is 94.1 cm³/mol. The van der Waals surface area contributed by atoms with Crippen molar-refractivity contribution in [1.29, 1.82) is 0 Å². The number of nitrogens with two attached hydrogens (primary N) is 1.